The summed E-state index contributed by atoms with van der Waals surface area (Å²) in [7, 11) is -3.10. The van der Waals surface area contributed by atoms with Crippen molar-refractivity contribution < 1.29 is 8.42 Å². The van der Waals surface area contributed by atoms with Crippen molar-refractivity contribution in [1.82, 2.24) is 4.72 Å². The summed E-state index contributed by atoms with van der Waals surface area (Å²) in [6.07, 6.45) is 2.65. The van der Waals surface area contributed by atoms with Crippen LogP contribution in [0.15, 0.2) is 29.2 Å². The molecule has 5 heteroatoms. The molecule has 1 aromatic rings. The van der Waals surface area contributed by atoms with Crippen molar-refractivity contribution in [1.29, 1.82) is 0 Å². The molecular weight excluding hydrogens is 242 g/mol. The highest BCUT2D eigenvalue weighted by molar-refractivity contribution is 7.98. The standard InChI is InChI=1S/C11H17NO2S2/c1-3-8-16(13,14)12-9-10-4-6-11(15-2)7-5-10/h4-7,12H,3,8-9H2,1-2H3. The van der Waals surface area contributed by atoms with E-state index in [1.807, 2.05) is 37.4 Å². The first-order chi connectivity index (χ1) is 7.57. The minimum absolute atomic E-state index is 0.190. The summed E-state index contributed by atoms with van der Waals surface area (Å²) in [6, 6.07) is 7.88. The zero-order valence-corrected chi connectivity index (χ0v) is 11.2. The third-order valence-corrected chi connectivity index (χ3v) is 4.40. The van der Waals surface area contributed by atoms with Gasteiger partial charge in [0.05, 0.1) is 5.75 Å². The van der Waals surface area contributed by atoms with Crippen LogP contribution >= 0.6 is 11.8 Å². The smallest absolute Gasteiger partial charge is 0.211 e. The van der Waals surface area contributed by atoms with Gasteiger partial charge in [-0.25, -0.2) is 13.1 Å². The molecule has 0 saturated heterocycles. The third-order valence-electron chi connectivity index (χ3n) is 2.13. The predicted octanol–water partition coefficient (Wildman–Crippen LogP) is 2.24. The summed E-state index contributed by atoms with van der Waals surface area (Å²) < 4.78 is 25.4. The Morgan fingerprint density at radius 1 is 1.25 bits per heavy atom. The Labute approximate surface area is 102 Å². The predicted molar refractivity (Wildman–Crippen MR) is 69.1 cm³/mol. The fourth-order valence-electron chi connectivity index (χ4n) is 1.28. The Morgan fingerprint density at radius 3 is 2.38 bits per heavy atom. The largest absolute Gasteiger partial charge is 0.212 e. The van der Waals surface area contributed by atoms with Gasteiger partial charge < -0.3 is 0 Å². The molecule has 0 atom stereocenters. The van der Waals surface area contributed by atoms with E-state index in [-0.39, 0.29) is 5.75 Å². The van der Waals surface area contributed by atoms with Crippen LogP contribution in [0.5, 0.6) is 0 Å². The van der Waals surface area contributed by atoms with Gasteiger partial charge in [0.15, 0.2) is 0 Å². The molecule has 1 N–H and O–H groups in total. The highest BCUT2D eigenvalue weighted by Crippen LogP contribution is 2.14. The summed E-state index contributed by atoms with van der Waals surface area (Å²) in [5, 5.41) is 0. The van der Waals surface area contributed by atoms with Crippen LogP contribution in [-0.4, -0.2) is 20.4 Å². The van der Waals surface area contributed by atoms with E-state index in [1.54, 1.807) is 11.8 Å². The Morgan fingerprint density at radius 2 is 1.88 bits per heavy atom. The molecule has 0 fully saturated rings. The first-order valence-electron chi connectivity index (χ1n) is 5.17. The van der Waals surface area contributed by atoms with Crippen molar-refractivity contribution in [2.24, 2.45) is 0 Å². The van der Waals surface area contributed by atoms with E-state index in [1.165, 1.54) is 4.90 Å². The van der Waals surface area contributed by atoms with E-state index >= 15 is 0 Å². The van der Waals surface area contributed by atoms with Crippen molar-refractivity contribution in [2.75, 3.05) is 12.0 Å². The van der Waals surface area contributed by atoms with Gasteiger partial charge in [-0.1, -0.05) is 19.1 Å². The van der Waals surface area contributed by atoms with Crippen LogP contribution < -0.4 is 4.72 Å². The summed E-state index contributed by atoms with van der Waals surface area (Å²) in [4.78, 5) is 1.18. The molecule has 0 saturated carbocycles. The maximum absolute atomic E-state index is 11.4. The topological polar surface area (TPSA) is 46.2 Å². The molecule has 0 aliphatic carbocycles. The van der Waals surface area contributed by atoms with Crippen molar-refractivity contribution >= 4 is 21.8 Å². The lowest BCUT2D eigenvalue weighted by atomic mass is 10.2. The zero-order chi connectivity index (χ0) is 12.0. The molecule has 0 aromatic heterocycles. The van der Waals surface area contributed by atoms with Gasteiger partial charge in [0.2, 0.25) is 10.0 Å². The van der Waals surface area contributed by atoms with Gasteiger partial charge in [-0.15, -0.1) is 11.8 Å². The number of hydrogen-bond donors (Lipinski definition) is 1. The lowest BCUT2D eigenvalue weighted by molar-refractivity contribution is 0.580. The summed E-state index contributed by atoms with van der Waals surface area (Å²) in [5.41, 5.74) is 0.984. The molecular formula is C11H17NO2S2. The maximum atomic E-state index is 11.4. The van der Waals surface area contributed by atoms with E-state index in [4.69, 9.17) is 0 Å². The number of sulfonamides is 1. The Bertz CT molecular complexity index is 412. The van der Waals surface area contributed by atoms with Crippen molar-refractivity contribution in [2.45, 2.75) is 24.8 Å². The van der Waals surface area contributed by atoms with Gasteiger partial charge >= 0.3 is 0 Å². The summed E-state index contributed by atoms with van der Waals surface area (Å²) >= 11 is 1.67. The van der Waals surface area contributed by atoms with Gasteiger partial charge in [-0.3, -0.25) is 0 Å². The van der Waals surface area contributed by atoms with E-state index in [0.717, 1.165) is 5.56 Å². The molecule has 0 unspecified atom stereocenters. The number of thioether (sulfide) groups is 1. The van der Waals surface area contributed by atoms with Gasteiger partial charge in [0.1, 0.15) is 0 Å². The first kappa shape index (κ1) is 13.5. The molecule has 0 amide bonds. The molecule has 1 rings (SSSR count). The van der Waals surface area contributed by atoms with E-state index in [0.29, 0.717) is 13.0 Å². The third kappa shape index (κ3) is 4.55. The van der Waals surface area contributed by atoms with Crippen LogP contribution in [0.4, 0.5) is 0 Å². The van der Waals surface area contributed by atoms with Gasteiger partial charge in [0, 0.05) is 11.4 Å². The Kier molecular flexibility index (Phi) is 5.31. The second-order valence-electron chi connectivity index (χ2n) is 3.49. The van der Waals surface area contributed by atoms with Crippen LogP contribution in [0, 0.1) is 0 Å². The number of hydrogen-bond acceptors (Lipinski definition) is 3. The minimum atomic E-state index is -3.10. The van der Waals surface area contributed by atoms with E-state index in [9.17, 15) is 8.42 Å². The van der Waals surface area contributed by atoms with Crippen LogP contribution in [0.3, 0.4) is 0 Å². The highest BCUT2D eigenvalue weighted by Gasteiger charge is 2.07. The molecule has 90 valence electrons. The van der Waals surface area contributed by atoms with E-state index < -0.39 is 10.0 Å². The minimum Gasteiger partial charge on any atom is -0.212 e. The van der Waals surface area contributed by atoms with Crippen molar-refractivity contribution in [3.63, 3.8) is 0 Å². The number of benzene rings is 1. The van der Waals surface area contributed by atoms with E-state index in [2.05, 4.69) is 4.72 Å². The van der Waals surface area contributed by atoms with Crippen molar-refractivity contribution in [3.8, 4) is 0 Å². The molecule has 0 aliphatic rings. The molecule has 0 heterocycles. The van der Waals surface area contributed by atoms with Crippen LogP contribution in [0.1, 0.15) is 18.9 Å². The molecule has 0 aliphatic heterocycles. The van der Waals surface area contributed by atoms with Crippen LogP contribution in [0.2, 0.25) is 0 Å². The maximum Gasteiger partial charge on any atom is 0.211 e. The quantitative estimate of drug-likeness (QED) is 0.797. The second kappa shape index (κ2) is 6.27. The Balaban J connectivity index is 2.54. The Hall–Kier alpha value is -0.520. The average Bonchev–Trinajstić information content (AvgIpc) is 2.27. The number of rotatable bonds is 6. The van der Waals surface area contributed by atoms with Crippen molar-refractivity contribution in [3.05, 3.63) is 29.8 Å². The normalized spacial score (nSPS) is 11.6. The lowest BCUT2D eigenvalue weighted by Crippen LogP contribution is -2.25. The molecule has 16 heavy (non-hydrogen) atoms. The van der Waals surface area contributed by atoms with Gasteiger partial charge in [0.25, 0.3) is 0 Å². The highest BCUT2D eigenvalue weighted by atomic mass is 32.2. The zero-order valence-electron chi connectivity index (χ0n) is 9.56. The lowest BCUT2D eigenvalue weighted by Gasteiger charge is -2.06. The summed E-state index contributed by atoms with van der Waals surface area (Å²) in [5.74, 6) is 0.190. The summed E-state index contributed by atoms with van der Waals surface area (Å²) in [6.45, 7) is 2.23. The van der Waals surface area contributed by atoms with Crippen LogP contribution in [0.25, 0.3) is 0 Å². The monoisotopic (exact) mass is 259 g/mol. The SMILES string of the molecule is CCCS(=O)(=O)NCc1ccc(SC)cc1. The molecule has 0 bridgehead atoms. The first-order valence-corrected chi connectivity index (χ1v) is 8.05. The van der Waals surface area contributed by atoms with Crippen LogP contribution in [-0.2, 0) is 16.6 Å². The number of nitrogens with one attached hydrogen (secondary N) is 1. The average molecular weight is 259 g/mol. The molecule has 1 aromatic carbocycles. The second-order valence-corrected chi connectivity index (χ2v) is 6.29. The molecule has 0 radical (unpaired) electrons. The molecule has 3 nitrogen and oxygen atoms in total. The van der Waals surface area contributed by atoms with Gasteiger partial charge in [-0.2, -0.15) is 0 Å². The fourth-order valence-corrected chi connectivity index (χ4v) is 2.75. The van der Waals surface area contributed by atoms with Gasteiger partial charge in [-0.05, 0) is 30.4 Å². The molecule has 0 spiro atoms. The fraction of sp³-hybridized carbons (Fsp3) is 0.455.